The second kappa shape index (κ2) is 15.2. The van der Waals surface area contributed by atoms with Gasteiger partial charge in [0.2, 0.25) is 0 Å². The van der Waals surface area contributed by atoms with Crippen LogP contribution < -0.4 is 10.6 Å². The van der Waals surface area contributed by atoms with Gasteiger partial charge in [-0.25, -0.2) is 28.1 Å². The standard InChI is InChI=1S/C18H14F4N4O.C18H16F4N4/c1-10-8-15(18(20,21)22)25-26(10)12-6-7-16(23-9-12)24-17(27)13-4-3-5-14(19)11(13)2;1-11-8-16(18(20,21)22)25-26(11)14-6-7-17(24-10-14)23-9-13-4-3-5-15(19)12(13)2/h3-9H,1-2H3,(H,23,24,27);3-8,10H,9H2,1-2H3,(H,23,24). The zero-order valence-electron chi connectivity index (χ0n) is 28.4. The minimum atomic E-state index is -4.54. The molecule has 0 unspecified atom stereocenters. The molecule has 2 N–H and O–H groups in total. The van der Waals surface area contributed by atoms with Crippen LogP contribution in [0.3, 0.4) is 0 Å². The number of amides is 1. The summed E-state index contributed by atoms with van der Waals surface area (Å²) in [6.45, 7) is 6.60. The van der Waals surface area contributed by atoms with E-state index in [9.17, 15) is 39.9 Å². The molecule has 17 heteroatoms. The first kappa shape index (κ1) is 38.1. The maximum atomic E-state index is 13.6. The van der Waals surface area contributed by atoms with E-state index >= 15 is 0 Å². The minimum Gasteiger partial charge on any atom is -0.366 e. The minimum absolute atomic E-state index is 0.165. The van der Waals surface area contributed by atoms with Crippen LogP contribution in [0.25, 0.3) is 11.4 Å². The molecule has 0 aliphatic heterocycles. The SMILES string of the molecule is Cc1c(F)cccc1C(=O)Nc1ccc(-n2nc(C(F)(F)F)cc2C)cn1.Cc1c(F)cccc1CNc1ccc(-n2nc(C(F)(F)F)cc2C)cn1. The zero-order chi connectivity index (χ0) is 38.7. The van der Waals surface area contributed by atoms with Gasteiger partial charge in [0.05, 0.1) is 23.8 Å². The van der Waals surface area contributed by atoms with Gasteiger partial charge in [0.15, 0.2) is 11.4 Å². The molecule has 276 valence electrons. The molecular formula is C36H30F8N8O. The van der Waals surface area contributed by atoms with E-state index in [1.165, 1.54) is 67.3 Å². The lowest BCUT2D eigenvalue weighted by atomic mass is 10.1. The van der Waals surface area contributed by atoms with Crippen molar-refractivity contribution in [3.8, 4) is 11.4 Å². The summed E-state index contributed by atoms with van der Waals surface area (Å²) in [6, 6.07) is 17.1. The Morgan fingerprint density at radius 2 is 1.15 bits per heavy atom. The Morgan fingerprint density at radius 3 is 1.62 bits per heavy atom. The van der Waals surface area contributed by atoms with Crippen LogP contribution in [0.5, 0.6) is 0 Å². The Morgan fingerprint density at radius 1 is 0.660 bits per heavy atom. The van der Waals surface area contributed by atoms with Gasteiger partial charge in [-0.15, -0.1) is 0 Å². The zero-order valence-corrected chi connectivity index (χ0v) is 28.4. The maximum Gasteiger partial charge on any atom is 0.435 e. The number of rotatable bonds is 7. The molecule has 0 saturated heterocycles. The van der Waals surface area contributed by atoms with Crippen molar-refractivity contribution in [3.63, 3.8) is 0 Å². The Hall–Kier alpha value is -6.13. The van der Waals surface area contributed by atoms with Crippen molar-refractivity contribution >= 4 is 17.5 Å². The quantitative estimate of drug-likeness (QED) is 0.159. The molecule has 0 saturated carbocycles. The van der Waals surface area contributed by atoms with Crippen molar-refractivity contribution in [2.45, 2.75) is 46.6 Å². The first-order chi connectivity index (χ1) is 24.9. The number of nitrogens with one attached hydrogen (secondary N) is 2. The lowest BCUT2D eigenvalue weighted by molar-refractivity contribution is -0.142. The number of pyridine rings is 2. The Kier molecular flexibility index (Phi) is 11.0. The van der Waals surface area contributed by atoms with Crippen molar-refractivity contribution in [2.75, 3.05) is 10.6 Å². The van der Waals surface area contributed by atoms with Crippen molar-refractivity contribution < 1.29 is 39.9 Å². The second-order valence-electron chi connectivity index (χ2n) is 11.7. The van der Waals surface area contributed by atoms with Gasteiger partial charge in [-0.05, 0) is 99.0 Å². The molecule has 0 aliphatic rings. The van der Waals surface area contributed by atoms with Gasteiger partial charge in [-0.3, -0.25) is 4.79 Å². The number of halogens is 8. The first-order valence-electron chi connectivity index (χ1n) is 15.7. The molecule has 0 fully saturated rings. The van der Waals surface area contributed by atoms with E-state index < -0.39 is 35.5 Å². The van der Waals surface area contributed by atoms with E-state index in [0.717, 1.165) is 22.4 Å². The predicted molar refractivity (Wildman–Crippen MR) is 180 cm³/mol. The number of carbonyl (C=O) groups excluding carboxylic acids is 1. The van der Waals surface area contributed by atoms with Gasteiger partial charge in [0.1, 0.15) is 23.3 Å². The monoisotopic (exact) mass is 742 g/mol. The van der Waals surface area contributed by atoms with Crippen molar-refractivity contribution in [1.29, 1.82) is 0 Å². The molecule has 0 bridgehead atoms. The molecule has 0 atom stereocenters. The fourth-order valence-electron chi connectivity index (χ4n) is 5.02. The smallest absolute Gasteiger partial charge is 0.366 e. The fraction of sp³-hybridized carbons (Fsp3) is 0.194. The summed E-state index contributed by atoms with van der Waals surface area (Å²) in [5, 5.41) is 12.7. The molecule has 4 aromatic heterocycles. The van der Waals surface area contributed by atoms with Crippen LogP contribution in [0.1, 0.15) is 49.8 Å². The highest BCUT2D eigenvalue weighted by atomic mass is 19.4. The number of hydrogen-bond acceptors (Lipinski definition) is 6. The number of nitrogens with zero attached hydrogens (tertiary/aromatic N) is 6. The highest BCUT2D eigenvalue weighted by Gasteiger charge is 2.35. The third kappa shape index (κ3) is 9.03. The molecule has 0 aliphatic carbocycles. The van der Waals surface area contributed by atoms with E-state index in [1.54, 1.807) is 32.0 Å². The predicted octanol–water partition coefficient (Wildman–Crippen LogP) is 8.95. The molecule has 53 heavy (non-hydrogen) atoms. The molecule has 0 radical (unpaired) electrons. The third-order valence-electron chi connectivity index (χ3n) is 7.93. The maximum absolute atomic E-state index is 13.6. The summed E-state index contributed by atoms with van der Waals surface area (Å²) in [6.07, 6.45) is -6.32. The third-order valence-corrected chi connectivity index (χ3v) is 7.93. The highest BCUT2D eigenvalue weighted by molar-refractivity contribution is 6.04. The van der Waals surface area contributed by atoms with Crippen LogP contribution in [-0.2, 0) is 18.9 Å². The Labute approximate surface area is 297 Å². The van der Waals surface area contributed by atoms with Gasteiger partial charge in [0.25, 0.3) is 5.91 Å². The van der Waals surface area contributed by atoms with Gasteiger partial charge in [-0.1, -0.05) is 18.2 Å². The summed E-state index contributed by atoms with van der Waals surface area (Å²) in [5.74, 6) is -0.615. The number of benzene rings is 2. The average Bonchev–Trinajstić information content (AvgIpc) is 3.70. The molecule has 4 heterocycles. The van der Waals surface area contributed by atoms with Gasteiger partial charge < -0.3 is 10.6 Å². The molecule has 6 aromatic rings. The fourth-order valence-corrected chi connectivity index (χ4v) is 5.02. The topological polar surface area (TPSA) is 103 Å². The van der Waals surface area contributed by atoms with Crippen molar-refractivity contribution in [1.82, 2.24) is 29.5 Å². The molecule has 1 amide bonds. The number of carbonyl (C=O) groups is 1. The molecule has 6 rings (SSSR count). The highest BCUT2D eigenvalue weighted by Crippen LogP contribution is 2.30. The van der Waals surface area contributed by atoms with Crippen LogP contribution in [0.2, 0.25) is 0 Å². The number of anilines is 2. The van der Waals surface area contributed by atoms with Gasteiger partial charge in [0, 0.05) is 23.5 Å². The lowest BCUT2D eigenvalue weighted by Crippen LogP contribution is -2.15. The van der Waals surface area contributed by atoms with Crippen molar-refractivity contribution in [2.24, 2.45) is 0 Å². The van der Waals surface area contributed by atoms with Crippen LogP contribution in [0.15, 0.2) is 85.2 Å². The summed E-state index contributed by atoms with van der Waals surface area (Å²) in [4.78, 5) is 20.5. The summed E-state index contributed by atoms with van der Waals surface area (Å²) < 4.78 is 106. The van der Waals surface area contributed by atoms with E-state index in [2.05, 4.69) is 30.8 Å². The lowest BCUT2D eigenvalue weighted by Gasteiger charge is -2.10. The van der Waals surface area contributed by atoms with Crippen LogP contribution in [-0.4, -0.2) is 35.4 Å². The van der Waals surface area contributed by atoms with Crippen LogP contribution in [0.4, 0.5) is 46.8 Å². The number of alkyl halides is 6. The van der Waals surface area contributed by atoms with E-state index in [1.807, 2.05) is 6.07 Å². The molecule has 2 aromatic carbocycles. The Balaban J connectivity index is 0.000000204. The normalized spacial score (nSPS) is 11.5. The summed E-state index contributed by atoms with van der Waals surface area (Å²) >= 11 is 0. The largest absolute Gasteiger partial charge is 0.435 e. The van der Waals surface area contributed by atoms with E-state index in [0.29, 0.717) is 35.0 Å². The van der Waals surface area contributed by atoms with Crippen LogP contribution in [0, 0.1) is 39.3 Å². The number of aryl methyl sites for hydroxylation is 2. The van der Waals surface area contributed by atoms with E-state index in [4.69, 9.17) is 0 Å². The summed E-state index contributed by atoms with van der Waals surface area (Å²) in [5.41, 5.74) is 1.16. The Bertz CT molecular complexity index is 2220. The summed E-state index contributed by atoms with van der Waals surface area (Å²) in [7, 11) is 0. The average molecular weight is 743 g/mol. The van der Waals surface area contributed by atoms with Gasteiger partial charge in [-0.2, -0.15) is 36.5 Å². The number of hydrogen-bond donors (Lipinski definition) is 2. The van der Waals surface area contributed by atoms with Gasteiger partial charge >= 0.3 is 12.4 Å². The van der Waals surface area contributed by atoms with Crippen molar-refractivity contribution in [3.05, 3.63) is 142 Å². The second-order valence-corrected chi connectivity index (χ2v) is 11.7. The number of aromatic nitrogens is 6. The first-order valence-corrected chi connectivity index (χ1v) is 15.7. The molecule has 0 spiro atoms. The molecular weight excluding hydrogens is 712 g/mol. The van der Waals surface area contributed by atoms with Crippen LogP contribution >= 0.6 is 0 Å². The van der Waals surface area contributed by atoms with E-state index in [-0.39, 0.29) is 28.5 Å². The molecule has 9 nitrogen and oxygen atoms in total.